The van der Waals surface area contributed by atoms with Gasteiger partial charge < -0.3 is 4.74 Å². The summed E-state index contributed by atoms with van der Waals surface area (Å²) in [5, 5.41) is 0.500. The lowest BCUT2D eigenvalue weighted by molar-refractivity contribution is -0.124. The molecule has 0 N–H and O–H groups in total. The van der Waals surface area contributed by atoms with Gasteiger partial charge in [0.1, 0.15) is 5.82 Å². The molecule has 1 unspecified atom stereocenters. The van der Waals surface area contributed by atoms with Crippen molar-refractivity contribution in [3.8, 4) is 0 Å². The minimum absolute atomic E-state index is 0.0566. The van der Waals surface area contributed by atoms with E-state index in [2.05, 4.69) is 4.98 Å². The molecule has 1 atom stereocenters. The predicted octanol–water partition coefficient (Wildman–Crippen LogP) is 2.65. The van der Waals surface area contributed by atoms with E-state index in [0.717, 1.165) is 37.9 Å². The third-order valence-corrected chi connectivity index (χ3v) is 4.66. The first-order valence-electron chi connectivity index (χ1n) is 8.72. The number of ether oxygens (including phenoxy) is 1. The molecule has 1 aromatic heterocycles. The Morgan fingerprint density at radius 2 is 1.96 bits per heavy atom. The minimum Gasteiger partial charge on any atom is -0.451 e. The number of esters is 1. The molecule has 0 spiro atoms. The van der Waals surface area contributed by atoms with Gasteiger partial charge in [0.15, 0.2) is 11.9 Å². The van der Waals surface area contributed by atoms with E-state index in [0.29, 0.717) is 23.0 Å². The summed E-state index contributed by atoms with van der Waals surface area (Å²) in [6, 6.07) is 4.74. The maximum atomic E-state index is 12.7. The van der Waals surface area contributed by atoms with Crippen LogP contribution in [0, 0.1) is 0 Å². The number of carbonyl (C=O) groups is 2. The van der Waals surface area contributed by atoms with Gasteiger partial charge in [0, 0.05) is 13.0 Å². The van der Waals surface area contributed by atoms with Crippen molar-refractivity contribution < 1.29 is 14.3 Å². The van der Waals surface area contributed by atoms with Crippen molar-refractivity contribution in [2.75, 3.05) is 0 Å². The van der Waals surface area contributed by atoms with E-state index in [4.69, 9.17) is 4.74 Å². The van der Waals surface area contributed by atoms with Gasteiger partial charge in [-0.15, -0.1) is 0 Å². The highest BCUT2D eigenvalue weighted by Crippen LogP contribution is 2.17. The maximum Gasteiger partial charge on any atom is 0.338 e. The van der Waals surface area contributed by atoms with Crippen LogP contribution in [0.4, 0.5) is 0 Å². The topological polar surface area (TPSA) is 78.3 Å². The summed E-state index contributed by atoms with van der Waals surface area (Å²) in [7, 11) is 0. The number of rotatable bonds is 3. The maximum absolute atomic E-state index is 12.7. The number of hydrogen-bond donors (Lipinski definition) is 0. The minimum atomic E-state index is -0.794. The number of ketones is 1. The van der Waals surface area contributed by atoms with Crippen LogP contribution in [0.1, 0.15) is 55.7 Å². The Morgan fingerprint density at radius 1 is 1.20 bits per heavy atom. The zero-order valence-corrected chi connectivity index (χ0v) is 14.6. The van der Waals surface area contributed by atoms with Gasteiger partial charge in [-0.25, -0.2) is 9.78 Å². The number of carbonyl (C=O) groups excluding carboxylic acids is 2. The molecule has 25 heavy (non-hydrogen) atoms. The smallest absolute Gasteiger partial charge is 0.338 e. The van der Waals surface area contributed by atoms with Crippen LogP contribution in [-0.2, 0) is 22.5 Å². The van der Waals surface area contributed by atoms with Crippen LogP contribution in [0.3, 0.4) is 0 Å². The van der Waals surface area contributed by atoms with E-state index >= 15 is 0 Å². The molecule has 0 bridgehead atoms. The average Bonchev–Trinajstić information content (AvgIpc) is 2.56. The van der Waals surface area contributed by atoms with Crippen LogP contribution in [0.5, 0.6) is 0 Å². The highest BCUT2D eigenvalue weighted by atomic mass is 16.5. The largest absolute Gasteiger partial charge is 0.451 e. The lowest BCUT2D eigenvalue weighted by Gasteiger charge is -2.16. The quantitative estimate of drug-likeness (QED) is 0.801. The molecular weight excluding hydrogens is 320 g/mol. The molecule has 6 heteroatoms. The molecule has 0 amide bonds. The highest BCUT2D eigenvalue weighted by molar-refractivity contribution is 5.95. The summed E-state index contributed by atoms with van der Waals surface area (Å²) in [5.41, 5.74) is 0.740. The van der Waals surface area contributed by atoms with Gasteiger partial charge in [-0.2, -0.15) is 0 Å². The molecular formula is C19H22N2O4. The van der Waals surface area contributed by atoms with E-state index < -0.39 is 12.1 Å². The van der Waals surface area contributed by atoms with Gasteiger partial charge in [-0.1, -0.05) is 12.8 Å². The van der Waals surface area contributed by atoms with Crippen molar-refractivity contribution in [1.29, 1.82) is 0 Å². The van der Waals surface area contributed by atoms with Crippen molar-refractivity contribution in [3.63, 3.8) is 0 Å². The molecule has 132 valence electrons. The van der Waals surface area contributed by atoms with Gasteiger partial charge >= 0.3 is 5.97 Å². The number of benzene rings is 1. The zero-order valence-electron chi connectivity index (χ0n) is 14.6. The molecule has 0 fully saturated rings. The predicted molar refractivity (Wildman–Crippen MR) is 93.7 cm³/mol. The van der Waals surface area contributed by atoms with Gasteiger partial charge in [-0.3, -0.25) is 14.2 Å². The Balaban J connectivity index is 2.00. The summed E-state index contributed by atoms with van der Waals surface area (Å²) in [6.45, 7) is 3.60. The van der Waals surface area contributed by atoms with Crippen molar-refractivity contribution in [1.82, 2.24) is 9.55 Å². The van der Waals surface area contributed by atoms with Crippen molar-refractivity contribution in [3.05, 3.63) is 39.9 Å². The van der Waals surface area contributed by atoms with Gasteiger partial charge in [0.2, 0.25) is 0 Å². The van der Waals surface area contributed by atoms with Gasteiger partial charge in [0.05, 0.1) is 16.5 Å². The Kier molecular flexibility index (Phi) is 4.97. The molecule has 3 rings (SSSR count). The fourth-order valence-corrected chi connectivity index (χ4v) is 3.03. The van der Waals surface area contributed by atoms with Crippen LogP contribution >= 0.6 is 0 Å². The number of fused-ring (bicyclic) bond motifs is 2. The van der Waals surface area contributed by atoms with E-state index in [1.54, 1.807) is 22.8 Å². The van der Waals surface area contributed by atoms with Crippen LogP contribution in [-0.4, -0.2) is 27.4 Å². The Morgan fingerprint density at radius 3 is 2.72 bits per heavy atom. The van der Waals surface area contributed by atoms with E-state index in [1.807, 2.05) is 0 Å². The second kappa shape index (κ2) is 7.17. The van der Waals surface area contributed by atoms with Crippen molar-refractivity contribution >= 4 is 22.7 Å². The molecule has 2 heterocycles. The number of Topliss-reactive ketones (excluding diaryl/α,β-unsaturated/α-hetero) is 1. The standard InChI is InChI=1S/C19H22N2O4/c1-12(22)13(2)25-19(24)14-8-9-15-16(11-14)20-17-7-5-3-4-6-10-21(17)18(15)23/h8-9,11,13H,3-7,10H2,1-2H3. The van der Waals surface area contributed by atoms with Crippen LogP contribution in [0.15, 0.2) is 23.0 Å². The summed E-state index contributed by atoms with van der Waals surface area (Å²) in [4.78, 5) is 40.8. The first-order chi connectivity index (χ1) is 12.0. The summed E-state index contributed by atoms with van der Waals surface area (Å²) in [6.07, 6.45) is 4.23. The second-order valence-electron chi connectivity index (χ2n) is 6.54. The third-order valence-electron chi connectivity index (χ3n) is 4.66. The van der Waals surface area contributed by atoms with E-state index in [-0.39, 0.29) is 11.3 Å². The van der Waals surface area contributed by atoms with E-state index in [9.17, 15) is 14.4 Å². The highest BCUT2D eigenvalue weighted by Gasteiger charge is 2.18. The fraction of sp³-hybridized carbons (Fsp3) is 0.474. The van der Waals surface area contributed by atoms with Crippen LogP contribution in [0.25, 0.3) is 10.9 Å². The third kappa shape index (κ3) is 3.62. The van der Waals surface area contributed by atoms with Crippen LogP contribution < -0.4 is 5.56 Å². The average molecular weight is 342 g/mol. The van der Waals surface area contributed by atoms with Crippen molar-refractivity contribution in [2.24, 2.45) is 0 Å². The second-order valence-corrected chi connectivity index (χ2v) is 6.54. The summed E-state index contributed by atoms with van der Waals surface area (Å²) in [5.74, 6) is -0.0232. The molecule has 0 radical (unpaired) electrons. The number of hydrogen-bond acceptors (Lipinski definition) is 5. The van der Waals surface area contributed by atoms with Crippen molar-refractivity contribution in [2.45, 2.75) is 58.6 Å². The number of aromatic nitrogens is 2. The lowest BCUT2D eigenvalue weighted by atomic mass is 10.1. The summed E-state index contributed by atoms with van der Waals surface area (Å²) < 4.78 is 6.89. The Labute approximate surface area is 145 Å². The Hall–Kier alpha value is -2.50. The van der Waals surface area contributed by atoms with E-state index in [1.165, 1.54) is 13.8 Å². The molecule has 0 saturated carbocycles. The first-order valence-corrected chi connectivity index (χ1v) is 8.72. The Bertz CT molecular complexity index is 885. The van der Waals surface area contributed by atoms with Gasteiger partial charge in [-0.05, 0) is 44.9 Å². The molecule has 1 aliphatic heterocycles. The fourth-order valence-electron chi connectivity index (χ4n) is 3.03. The molecule has 1 aliphatic rings. The molecule has 2 aromatic rings. The number of nitrogens with zero attached hydrogens (tertiary/aromatic N) is 2. The summed E-state index contributed by atoms with van der Waals surface area (Å²) >= 11 is 0. The zero-order chi connectivity index (χ0) is 18.0. The molecule has 0 saturated heterocycles. The molecule has 6 nitrogen and oxygen atoms in total. The molecule has 1 aromatic carbocycles. The van der Waals surface area contributed by atoms with Gasteiger partial charge in [0.25, 0.3) is 5.56 Å². The number of aryl methyl sites for hydroxylation is 1. The van der Waals surface area contributed by atoms with Crippen LogP contribution in [0.2, 0.25) is 0 Å². The molecule has 0 aliphatic carbocycles. The first kappa shape index (κ1) is 17.3. The lowest BCUT2D eigenvalue weighted by Crippen LogP contribution is -2.27. The monoisotopic (exact) mass is 342 g/mol. The normalized spacial score (nSPS) is 15.8. The SMILES string of the molecule is CC(=O)C(C)OC(=O)c1ccc2c(=O)n3c(nc2c1)CCCCCC3.